The van der Waals surface area contributed by atoms with Gasteiger partial charge in [0.2, 0.25) is 0 Å². The average Bonchev–Trinajstić information content (AvgIpc) is 3.41. The number of carbonyl (C=O) groups is 2. The molecule has 0 N–H and O–H groups in total. The van der Waals surface area contributed by atoms with Crippen LogP contribution >= 0.6 is 11.3 Å². The number of ketones is 2. The second-order valence-electron chi connectivity index (χ2n) is 14.9. The van der Waals surface area contributed by atoms with Gasteiger partial charge in [0, 0.05) is 64.7 Å². The first-order chi connectivity index (χ1) is 22.6. The minimum Gasteiger partial charge on any atom is -0.308 e. The number of benzene rings is 5. The summed E-state index contributed by atoms with van der Waals surface area (Å²) in [6.07, 6.45) is 8.50. The van der Waals surface area contributed by atoms with E-state index in [4.69, 9.17) is 0 Å². The Morgan fingerprint density at radius 1 is 0.522 bits per heavy atom. The van der Waals surface area contributed by atoms with Crippen molar-refractivity contribution in [3.8, 4) is 0 Å². The SMILES string of the molecule is O=C1c2cc3c(cc2C2CCC1CC2)c1cc2sc4cccc5cccc(c54)c2c2c4cc5c(cc4n3c12)C(=O)C1CCC5CC1. The molecule has 14 rings (SSSR count). The molecule has 0 unspecified atom stereocenters. The molecular weight excluding hydrogens is 583 g/mol. The number of nitrogens with zero attached hydrogens (tertiary/aromatic N) is 1. The zero-order valence-electron chi connectivity index (χ0n) is 25.5. The Balaban J connectivity index is 1.34. The average molecular weight is 614 g/mol. The third-order valence-electron chi connectivity index (χ3n) is 12.8. The van der Waals surface area contributed by atoms with Crippen LogP contribution in [0.1, 0.15) is 95.0 Å². The van der Waals surface area contributed by atoms with Crippen LogP contribution in [0, 0.1) is 11.8 Å². The highest BCUT2D eigenvalue weighted by Gasteiger charge is 2.38. The third-order valence-corrected chi connectivity index (χ3v) is 13.9. The second-order valence-corrected chi connectivity index (χ2v) is 15.9. The summed E-state index contributed by atoms with van der Waals surface area (Å²) in [6, 6.07) is 25.2. The van der Waals surface area contributed by atoms with E-state index < -0.39 is 0 Å². The lowest BCUT2D eigenvalue weighted by Gasteiger charge is -2.22. The zero-order valence-corrected chi connectivity index (χ0v) is 26.3. The van der Waals surface area contributed by atoms with Gasteiger partial charge in [0.25, 0.3) is 0 Å². The first kappa shape index (κ1) is 24.9. The lowest BCUT2D eigenvalue weighted by molar-refractivity contribution is 0.0891. The summed E-state index contributed by atoms with van der Waals surface area (Å²) in [4.78, 5) is 28.0. The maximum Gasteiger partial charge on any atom is 0.166 e. The van der Waals surface area contributed by atoms with Gasteiger partial charge in [0.05, 0.1) is 16.6 Å². The summed E-state index contributed by atoms with van der Waals surface area (Å²) < 4.78 is 5.07. The van der Waals surface area contributed by atoms with Crippen molar-refractivity contribution in [3.05, 3.63) is 89.0 Å². The Morgan fingerprint density at radius 3 is 1.78 bits per heavy atom. The number of aromatic nitrogens is 1. The molecule has 2 saturated carbocycles. The summed E-state index contributed by atoms with van der Waals surface area (Å²) in [7, 11) is 0. The molecule has 0 spiro atoms. The van der Waals surface area contributed by atoms with E-state index in [1.54, 1.807) is 0 Å². The number of hydrogen-bond donors (Lipinski definition) is 0. The van der Waals surface area contributed by atoms with E-state index >= 15 is 0 Å². The highest BCUT2D eigenvalue weighted by Crippen LogP contribution is 2.52. The first-order valence-corrected chi connectivity index (χ1v) is 18.1. The topological polar surface area (TPSA) is 38.5 Å². The van der Waals surface area contributed by atoms with Gasteiger partial charge in [-0.1, -0.05) is 30.3 Å². The lowest BCUT2D eigenvalue weighted by atomic mass is 9.82. The van der Waals surface area contributed by atoms with Crippen LogP contribution in [0.4, 0.5) is 0 Å². The Labute approximate surface area is 269 Å². The fourth-order valence-electron chi connectivity index (χ4n) is 10.7. The predicted molar refractivity (Wildman–Crippen MR) is 190 cm³/mol. The predicted octanol–water partition coefficient (Wildman–Crippen LogP) is 11.3. The van der Waals surface area contributed by atoms with Gasteiger partial charge >= 0.3 is 0 Å². The summed E-state index contributed by atoms with van der Waals surface area (Å²) >= 11 is 1.90. The van der Waals surface area contributed by atoms with E-state index in [0.29, 0.717) is 23.4 Å². The molecule has 3 nitrogen and oxygen atoms in total. The summed E-state index contributed by atoms with van der Waals surface area (Å²) in [6.45, 7) is 0. The van der Waals surface area contributed by atoms with Crippen LogP contribution < -0.4 is 0 Å². The smallest absolute Gasteiger partial charge is 0.166 e. The van der Waals surface area contributed by atoms with Crippen LogP contribution in [0.5, 0.6) is 0 Å². The number of Topliss-reactive ketones (excluding diaryl/α,β-unsaturated/α-hetero) is 2. The summed E-state index contributed by atoms with van der Waals surface area (Å²) in [5, 5.41) is 10.3. The van der Waals surface area contributed by atoms with Crippen LogP contribution in [0.15, 0.2) is 66.7 Å². The summed E-state index contributed by atoms with van der Waals surface area (Å²) in [5.41, 5.74) is 7.93. The van der Waals surface area contributed by atoms with Crippen molar-refractivity contribution in [2.75, 3.05) is 0 Å². The zero-order chi connectivity index (χ0) is 30.0. The van der Waals surface area contributed by atoms with Gasteiger partial charge < -0.3 is 4.40 Å². The lowest BCUT2D eigenvalue weighted by Crippen LogP contribution is -2.15. The Bertz CT molecular complexity index is 2700. The van der Waals surface area contributed by atoms with Crippen LogP contribution in [-0.2, 0) is 0 Å². The third kappa shape index (κ3) is 2.88. The molecule has 3 heterocycles. The van der Waals surface area contributed by atoms with Gasteiger partial charge in [0.1, 0.15) is 0 Å². The molecule has 0 atom stereocenters. The van der Waals surface area contributed by atoms with Crippen molar-refractivity contribution in [3.63, 3.8) is 0 Å². The van der Waals surface area contributed by atoms with Crippen molar-refractivity contribution >= 4 is 91.9 Å². The van der Waals surface area contributed by atoms with Crippen LogP contribution in [-0.4, -0.2) is 16.0 Å². The molecule has 6 aliphatic rings. The van der Waals surface area contributed by atoms with E-state index in [9.17, 15) is 9.59 Å². The number of carbonyl (C=O) groups excluding carboxylic acids is 2. The molecule has 4 heteroatoms. The largest absolute Gasteiger partial charge is 0.308 e. The first-order valence-electron chi connectivity index (χ1n) is 17.3. The van der Waals surface area contributed by atoms with E-state index in [0.717, 1.165) is 73.5 Å². The van der Waals surface area contributed by atoms with Crippen LogP contribution in [0.25, 0.3) is 69.0 Å². The molecule has 3 aromatic heterocycles. The van der Waals surface area contributed by atoms with Gasteiger partial charge in [-0.15, -0.1) is 11.3 Å². The molecular formula is C42H31NO2S. The van der Waals surface area contributed by atoms with E-state index in [1.165, 1.54) is 69.1 Å². The van der Waals surface area contributed by atoms with Crippen molar-refractivity contribution in [1.82, 2.24) is 4.40 Å². The molecule has 222 valence electrons. The minimum absolute atomic E-state index is 0.155. The van der Waals surface area contributed by atoms with Crippen molar-refractivity contribution in [1.29, 1.82) is 0 Å². The molecule has 8 aromatic rings. The standard InChI is InChI=1S/C42H31NO2S/c44-41-23-11-7-20(8-12-23)26-15-28-29-19-36-38(25-5-1-3-22-4-2-6-35(46-36)37(22)25)39-32-16-27-21-9-13-24(14-10-21)42(45)31(27)18-34(32)43(40(29)39)33(28)17-30(26)41/h1-6,15-21,23-24H,7-14H2. The monoisotopic (exact) mass is 613 g/mol. The number of fused-ring (bicyclic) bond motifs is 13. The highest BCUT2D eigenvalue weighted by atomic mass is 32.1. The molecule has 0 saturated heterocycles. The maximum absolute atomic E-state index is 14.0. The van der Waals surface area contributed by atoms with Crippen LogP contribution in [0.3, 0.4) is 0 Å². The molecule has 46 heavy (non-hydrogen) atoms. The van der Waals surface area contributed by atoms with Gasteiger partial charge in [0.15, 0.2) is 11.6 Å². The van der Waals surface area contributed by atoms with Crippen molar-refractivity contribution < 1.29 is 9.59 Å². The quantitative estimate of drug-likeness (QED) is 0.126. The minimum atomic E-state index is 0.155. The van der Waals surface area contributed by atoms with Gasteiger partial charge in [-0.05, 0) is 121 Å². The molecule has 0 amide bonds. The highest BCUT2D eigenvalue weighted by molar-refractivity contribution is 7.25. The summed E-state index contributed by atoms with van der Waals surface area (Å²) in [5.74, 6) is 1.93. The fraction of sp³-hybridized carbons (Fsp3) is 0.286. The van der Waals surface area contributed by atoms with E-state index in [-0.39, 0.29) is 11.8 Å². The Hall–Kier alpha value is -4.28. The maximum atomic E-state index is 14.0. The molecule has 5 aromatic carbocycles. The van der Waals surface area contributed by atoms with Gasteiger partial charge in [-0.3, -0.25) is 9.59 Å². The fourth-order valence-corrected chi connectivity index (χ4v) is 11.9. The molecule has 4 bridgehead atoms. The Kier molecular flexibility index (Phi) is 4.52. The van der Waals surface area contributed by atoms with E-state index in [2.05, 4.69) is 71.1 Å². The van der Waals surface area contributed by atoms with Crippen molar-refractivity contribution in [2.24, 2.45) is 11.8 Å². The molecule has 0 radical (unpaired) electrons. The second kappa shape index (κ2) is 8.35. The number of rotatable bonds is 0. The normalized spacial score (nSPS) is 24.3. The van der Waals surface area contributed by atoms with Gasteiger partial charge in [-0.25, -0.2) is 0 Å². The Morgan fingerprint density at radius 2 is 1.11 bits per heavy atom. The molecule has 0 aliphatic heterocycles. The molecule has 2 fully saturated rings. The molecule has 6 aliphatic carbocycles. The van der Waals surface area contributed by atoms with E-state index in [1.807, 2.05) is 11.3 Å². The van der Waals surface area contributed by atoms with Crippen molar-refractivity contribution in [2.45, 2.75) is 63.2 Å². The number of hydrogen-bond acceptors (Lipinski definition) is 3. The van der Waals surface area contributed by atoms with Gasteiger partial charge in [-0.2, -0.15) is 0 Å². The van der Waals surface area contributed by atoms with Crippen LogP contribution in [0.2, 0.25) is 0 Å².